The molecule has 2 rings (SSSR count). The van der Waals surface area contributed by atoms with Crippen molar-refractivity contribution in [3.8, 4) is 11.1 Å². The van der Waals surface area contributed by atoms with E-state index in [4.69, 9.17) is 0 Å². The van der Waals surface area contributed by atoms with Crippen molar-refractivity contribution in [2.75, 3.05) is 0 Å². The minimum absolute atomic E-state index is 0.0840. The molecule has 0 unspecified atom stereocenters. The number of hydrogen-bond donors (Lipinski definition) is 1. The van der Waals surface area contributed by atoms with Gasteiger partial charge in [-0.15, -0.1) is 0 Å². The van der Waals surface area contributed by atoms with Crippen LogP contribution in [0.5, 0.6) is 0 Å². The largest absolute Gasteiger partial charge is 0.508 e. The highest BCUT2D eigenvalue weighted by Gasteiger charge is 2.00. The molecule has 2 aromatic rings. The van der Waals surface area contributed by atoms with Crippen LogP contribution in [0.25, 0.3) is 16.9 Å². The molecule has 74 valence electrons. The van der Waals surface area contributed by atoms with Gasteiger partial charge in [-0.1, -0.05) is 30.8 Å². The van der Waals surface area contributed by atoms with E-state index in [9.17, 15) is 5.11 Å². The summed E-state index contributed by atoms with van der Waals surface area (Å²) in [6.07, 6.45) is 3.53. The average Bonchev–Trinajstić information content (AvgIpc) is 2.30. The summed E-state index contributed by atoms with van der Waals surface area (Å²) in [5.74, 6) is 0.0840. The van der Waals surface area contributed by atoms with Crippen molar-refractivity contribution in [2.24, 2.45) is 0 Å². The van der Waals surface area contributed by atoms with E-state index in [2.05, 4.69) is 11.6 Å². The monoisotopic (exact) mass is 197 g/mol. The highest BCUT2D eigenvalue weighted by molar-refractivity contribution is 5.68. The van der Waals surface area contributed by atoms with Gasteiger partial charge in [0.25, 0.3) is 0 Å². The van der Waals surface area contributed by atoms with Crippen molar-refractivity contribution in [3.63, 3.8) is 0 Å². The molecule has 0 bridgehead atoms. The maximum absolute atomic E-state index is 9.28. The molecule has 1 N–H and O–H groups in total. The predicted octanol–water partition coefficient (Wildman–Crippen LogP) is 3.28. The van der Waals surface area contributed by atoms with Crippen molar-refractivity contribution < 1.29 is 5.11 Å². The van der Waals surface area contributed by atoms with Gasteiger partial charge >= 0.3 is 0 Å². The fraction of sp³-hybridized carbons (Fsp3) is 0. The zero-order valence-electron chi connectivity index (χ0n) is 8.22. The number of benzene rings is 1. The number of aromatic nitrogens is 1. The molecule has 0 fully saturated rings. The summed E-state index contributed by atoms with van der Waals surface area (Å²) in [5.41, 5.74) is 2.78. The van der Waals surface area contributed by atoms with Crippen LogP contribution < -0.4 is 0 Å². The Balaban J connectivity index is 2.46. The van der Waals surface area contributed by atoms with Crippen molar-refractivity contribution in [1.82, 2.24) is 4.98 Å². The Hall–Kier alpha value is -2.09. The molecule has 2 nitrogen and oxygen atoms in total. The van der Waals surface area contributed by atoms with Crippen LogP contribution in [0, 0.1) is 0 Å². The van der Waals surface area contributed by atoms with E-state index in [0.29, 0.717) is 0 Å². The minimum atomic E-state index is 0.0840. The van der Waals surface area contributed by atoms with Gasteiger partial charge < -0.3 is 5.11 Å². The van der Waals surface area contributed by atoms with Gasteiger partial charge in [-0.3, -0.25) is 4.98 Å². The topological polar surface area (TPSA) is 33.1 Å². The standard InChI is InChI=1S/C13H11NO/c1-10(15)11-4-2-5-12(8-11)13-6-3-7-14-9-13/h2-9,15H,1H2. The summed E-state index contributed by atoms with van der Waals surface area (Å²) in [4.78, 5) is 4.05. The first-order valence-electron chi connectivity index (χ1n) is 4.66. The van der Waals surface area contributed by atoms with Gasteiger partial charge in [0.15, 0.2) is 0 Å². The second-order valence-electron chi connectivity index (χ2n) is 3.27. The Morgan fingerprint density at radius 2 is 1.93 bits per heavy atom. The lowest BCUT2D eigenvalue weighted by atomic mass is 10.0. The lowest BCUT2D eigenvalue weighted by molar-refractivity contribution is 0.514. The van der Waals surface area contributed by atoms with Gasteiger partial charge in [-0.05, 0) is 17.7 Å². The molecule has 0 spiro atoms. The van der Waals surface area contributed by atoms with Gasteiger partial charge in [0.05, 0.1) is 0 Å². The van der Waals surface area contributed by atoms with Crippen LogP contribution in [0.1, 0.15) is 5.56 Å². The van der Waals surface area contributed by atoms with Crippen LogP contribution in [0.3, 0.4) is 0 Å². The number of aliphatic hydroxyl groups is 1. The second kappa shape index (κ2) is 3.96. The van der Waals surface area contributed by atoms with Gasteiger partial charge in [0, 0.05) is 23.5 Å². The maximum Gasteiger partial charge on any atom is 0.115 e. The first kappa shape index (κ1) is 9.46. The fourth-order valence-corrected chi connectivity index (χ4v) is 1.41. The molecule has 2 heteroatoms. The summed E-state index contributed by atoms with van der Waals surface area (Å²) in [6, 6.07) is 11.4. The van der Waals surface area contributed by atoms with E-state index in [0.717, 1.165) is 16.7 Å². The molecule has 0 atom stereocenters. The predicted molar refractivity (Wildman–Crippen MR) is 61.3 cm³/mol. The van der Waals surface area contributed by atoms with Gasteiger partial charge in [0.1, 0.15) is 5.76 Å². The first-order valence-corrected chi connectivity index (χ1v) is 4.66. The van der Waals surface area contributed by atoms with E-state index in [1.165, 1.54) is 0 Å². The highest BCUT2D eigenvalue weighted by Crippen LogP contribution is 2.21. The van der Waals surface area contributed by atoms with Gasteiger partial charge in [0.2, 0.25) is 0 Å². The molecule has 1 aromatic heterocycles. The quantitative estimate of drug-likeness (QED) is 0.749. The molecule has 15 heavy (non-hydrogen) atoms. The Morgan fingerprint density at radius 1 is 1.13 bits per heavy atom. The Morgan fingerprint density at radius 3 is 2.60 bits per heavy atom. The molecular formula is C13H11NO. The molecule has 0 saturated carbocycles. The molecular weight excluding hydrogens is 186 g/mol. The normalized spacial score (nSPS) is 9.87. The third-order valence-corrected chi connectivity index (χ3v) is 2.19. The second-order valence-corrected chi connectivity index (χ2v) is 3.27. The van der Waals surface area contributed by atoms with Crippen LogP contribution in [0.15, 0.2) is 55.4 Å². The first-order chi connectivity index (χ1) is 7.27. The van der Waals surface area contributed by atoms with E-state index >= 15 is 0 Å². The zero-order chi connectivity index (χ0) is 10.7. The van der Waals surface area contributed by atoms with Crippen molar-refractivity contribution >= 4 is 5.76 Å². The van der Waals surface area contributed by atoms with E-state index in [1.54, 1.807) is 12.4 Å². The van der Waals surface area contributed by atoms with Crippen molar-refractivity contribution in [1.29, 1.82) is 0 Å². The minimum Gasteiger partial charge on any atom is -0.508 e. The lowest BCUT2D eigenvalue weighted by Gasteiger charge is -2.03. The van der Waals surface area contributed by atoms with Gasteiger partial charge in [-0.25, -0.2) is 0 Å². The van der Waals surface area contributed by atoms with E-state index < -0.39 is 0 Å². The molecule has 0 aliphatic heterocycles. The number of pyridine rings is 1. The molecule has 0 saturated heterocycles. The van der Waals surface area contributed by atoms with Crippen molar-refractivity contribution in [3.05, 3.63) is 60.9 Å². The third-order valence-electron chi connectivity index (χ3n) is 2.19. The van der Waals surface area contributed by atoms with Crippen LogP contribution in [-0.4, -0.2) is 10.1 Å². The van der Waals surface area contributed by atoms with E-state index in [1.807, 2.05) is 36.4 Å². The number of nitrogens with zero attached hydrogens (tertiary/aromatic N) is 1. The summed E-state index contributed by atoms with van der Waals surface area (Å²) in [5, 5.41) is 9.28. The van der Waals surface area contributed by atoms with Gasteiger partial charge in [-0.2, -0.15) is 0 Å². The Kier molecular flexibility index (Phi) is 2.50. The maximum atomic E-state index is 9.28. The van der Waals surface area contributed by atoms with Crippen LogP contribution in [0.4, 0.5) is 0 Å². The molecule has 1 aromatic carbocycles. The fourth-order valence-electron chi connectivity index (χ4n) is 1.41. The lowest BCUT2D eigenvalue weighted by Crippen LogP contribution is -1.83. The van der Waals surface area contributed by atoms with Crippen LogP contribution in [-0.2, 0) is 0 Å². The van der Waals surface area contributed by atoms with Crippen LogP contribution in [0.2, 0.25) is 0 Å². The summed E-state index contributed by atoms with van der Waals surface area (Å²) < 4.78 is 0. The SMILES string of the molecule is C=C(O)c1cccc(-c2cccnc2)c1. The van der Waals surface area contributed by atoms with E-state index in [-0.39, 0.29) is 5.76 Å². The molecule has 0 radical (unpaired) electrons. The summed E-state index contributed by atoms with van der Waals surface area (Å²) in [6.45, 7) is 3.50. The molecule has 0 aliphatic carbocycles. The smallest absolute Gasteiger partial charge is 0.115 e. The number of hydrogen-bond acceptors (Lipinski definition) is 2. The molecule has 0 amide bonds. The average molecular weight is 197 g/mol. The number of aliphatic hydroxyl groups excluding tert-OH is 1. The van der Waals surface area contributed by atoms with Crippen LogP contribution >= 0.6 is 0 Å². The highest BCUT2D eigenvalue weighted by atomic mass is 16.3. The summed E-state index contributed by atoms with van der Waals surface area (Å²) >= 11 is 0. The number of rotatable bonds is 2. The summed E-state index contributed by atoms with van der Waals surface area (Å²) in [7, 11) is 0. The zero-order valence-corrected chi connectivity index (χ0v) is 8.22. The molecule has 0 aliphatic rings. The third kappa shape index (κ3) is 2.05. The Bertz CT molecular complexity index is 477. The molecule has 1 heterocycles. The Labute approximate surface area is 88.5 Å². The van der Waals surface area contributed by atoms with Crippen molar-refractivity contribution in [2.45, 2.75) is 0 Å².